The van der Waals surface area contributed by atoms with E-state index in [9.17, 15) is 9.59 Å². The highest BCUT2D eigenvalue weighted by Gasteiger charge is 2.31. The summed E-state index contributed by atoms with van der Waals surface area (Å²) in [5.41, 5.74) is 1.67. The van der Waals surface area contributed by atoms with Crippen LogP contribution in [0.4, 0.5) is 5.95 Å². The highest BCUT2D eigenvalue weighted by Crippen LogP contribution is 2.21. The number of nitrogens with zero attached hydrogens (tertiary/aromatic N) is 6. The van der Waals surface area contributed by atoms with Gasteiger partial charge in [-0.25, -0.2) is 0 Å². The van der Waals surface area contributed by atoms with Crippen LogP contribution in [0.1, 0.15) is 31.9 Å². The summed E-state index contributed by atoms with van der Waals surface area (Å²) in [6.45, 7) is 6.21. The minimum absolute atomic E-state index is 0.0967. The Morgan fingerprint density at radius 3 is 2.21 bits per heavy atom. The number of piperazine rings is 1. The minimum Gasteiger partial charge on any atom is -0.341 e. The van der Waals surface area contributed by atoms with E-state index in [1.165, 1.54) is 0 Å². The summed E-state index contributed by atoms with van der Waals surface area (Å²) in [6, 6.07) is 18.4. The van der Waals surface area contributed by atoms with Crippen molar-refractivity contribution in [1.82, 2.24) is 30.4 Å². The number of rotatable bonds is 7. The van der Waals surface area contributed by atoms with Gasteiger partial charge in [-0.05, 0) is 34.0 Å². The number of hydrogen-bond acceptors (Lipinski definition) is 6. The van der Waals surface area contributed by atoms with E-state index in [1.807, 2.05) is 74.5 Å². The topological polar surface area (TPSA) is 96.2 Å². The molecule has 1 aliphatic heterocycles. The van der Waals surface area contributed by atoms with Crippen LogP contribution in [0.15, 0.2) is 60.7 Å². The van der Waals surface area contributed by atoms with Gasteiger partial charge in [0.25, 0.3) is 0 Å². The fourth-order valence-electron chi connectivity index (χ4n) is 3.95. The normalized spacial score (nSPS) is 14.9. The number of para-hydroxylation sites is 1. The number of tetrazole rings is 1. The summed E-state index contributed by atoms with van der Waals surface area (Å²) in [7, 11) is 0. The van der Waals surface area contributed by atoms with Crippen molar-refractivity contribution in [2.75, 3.05) is 31.1 Å². The summed E-state index contributed by atoms with van der Waals surface area (Å²) in [5.74, 6) is 0.655. The van der Waals surface area contributed by atoms with Crippen molar-refractivity contribution in [1.29, 1.82) is 0 Å². The lowest BCUT2D eigenvalue weighted by molar-refractivity contribution is -0.137. The second kappa shape index (κ2) is 10.2. The highest BCUT2D eigenvalue weighted by atomic mass is 16.2. The number of anilines is 1. The van der Waals surface area contributed by atoms with E-state index >= 15 is 0 Å². The lowest BCUT2D eigenvalue weighted by atomic mass is 10.0. The van der Waals surface area contributed by atoms with Crippen LogP contribution in [0.3, 0.4) is 0 Å². The maximum atomic E-state index is 13.4. The molecule has 2 heterocycles. The third kappa shape index (κ3) is 5.36. The molecule has 1 fully saturated rings. The fourth-order valence-corrected chi connectivity index (χ4v) is 3.95. The number of aromatic nitrogens is 4. The van der Waals surface area contributed by atoms with Gasteiger partial charge in [-0.15, -0.1) is 0 Å². The monoisotopic (exact) mass is 447 g/mol. The Balaban J connectivity index is 1.45. The van der Waals surface area contributed by atoms with E-state index in [0.29, 0.717) is 38.5 Å². The Bertz CT molecular complexity index is 1060. The van der Waals surface area contributed by atoms with Crippen molar-refractivity contribution in [3.05, 3.63) is 66.2 Å². The van der Waals surface area contributed by atoms with E-state index < -0.39 is 6.04 Å². The number of carbonyl (C=O) groups excluding carboxylic acids is 2. The zero-order chi connectivity index (χ0) is 23.2. The third-order valence-corrected chi connectivity index (χ3v) is 5.61. The minimum atomic E-state index is -0.696. The second-order valence-corrected chi connectivity index (χ2v) is 8.55. The van der Waals surface area contributed by atoms with Crippen molar-refractivity contribution < 1.29 is 9.59 Å². The first-order valence-electron chi connectivity index (χ1n) is 11.2. The van der Waals surface area contributed by atoms with E-state index in [-0.39, 0.29) is 17.7 Å². The molecule has 1 aliphatic rings. The van der Waals surface area contributed by atoms with Crippen LogP contribution in [0.25, 0.3) is 5.69 Å². The van der Waals surface area contributed by atoms with Crippen LogP contribution in [0.5, 0.6) is 0 Å². The molecule has 1 aromatic heterocycles. The zero-order valence-corrected chi connectivity index (χ0v) is 19.0. The molecule has 33 heavy (non-hydrogen) atoms. The van der Waals surface area contributed by atoms with E-state index in [0.717, 1.165) is 11.3 Å². The van der Waals surface area contributed by atoms with Gasteiger partial charge in [0.1, 0.15) is 6.04 Å². The molecule has 0 aliphatic carbocycles. The SMILES string of the molecule is CC(C)CC(=O)NC(C(=O)N1CCN(c2nnnn2-c2ccccc2)CC1)c1ccccc1. The predicted octanol–water partition coefficient (Wildman–Crippen LogP) is 2.21. The number of carbonyl (C=O) groups is 2. The maximum Gasteiger partial charge on any atom is 0.250 e. The molecular formula is C24H29N7O2. The molecule has 0 saturated carbocycles. The Morgan fingerprint density at radius 2 is 1.58 bits per heavy atom. The van der Waals surface area contributed by atoms with Crippen molar-refractivity contribution in [3.63, 3.8) is 0 Å². The Hall–Kier alpha value is -3.75. The van der Waals surface area contributed by atoms with Gasteiger partial charge >= 0.3 is 0 Å². The van der Waals surface area contributed by atoms with Crippen LogP contribution >= 0.6 is 0 Å². The van der Waals surface area contributed by atoms with Crippen LogP contribution in [-0.2, 0) is 9.59 Å². The lowest BCUT2D eigenvalue weighted by Crippen LogP contribution is -2.52. The highest BCUT2D eigenvalue weighted by molar-refractivity contribution is 5.89. The number of hydrogen-bond donors (Lipinski definition) is 1. The van der Waals surface area contributed by atoms with Crippen LogP contribution in [0.2, 0.25) is 0 Å². The van der Waals surface area contributed by atoms with E-state index in [1.54, 1.807) is 9.58 Å². The molecule has 0 radical (unpaired) electrons. The smallest absolute Gasteiger partial charge is 0.250 e. The zero-order valence-electron chi connectivity index (χ0n) is 19.0. The first-order chi connectivity index (χ1) is 16.0. The molecular weight excluding hydrogens is 418 g/mol. The molecule has 9 heteroatoms. The summed E-state index contributed by atoms with van der Waals surface area (Å²) in [6.07, 6.45) is 0.381. The Morgan fingerprint density at radius 1 is 0.939 bits per heavy atom. The molecule has 1 saturated heterocycles. The molecule has 9 nitrogen and oxygen atoms in total. The predicted molar refractivity (Wildman–Crippen MR) is 125 cm³/mol. The molecule has 4 rings (SSSR count). The Labute approximate surface area is 193 Å². The standard InChI is InChI=1S/C24H29N7O2/c1-18(2)17-21(32)25-22(19-9-5-3-6-10-19)23(33)29-13-15-30(16-14-29)24-26-27-28-31(24)20-11-7-4-8-12-20/h3-12,18,22H,13-17H2,1-2H3,(H,25,32). The van der Waals surface area contributed by atoms with Crippen LogP contribution in [-0.4, -0.2) is 63.1 Å². The summed E-state index contributed by atoms with van der Waals surface area (Å²) in [5, 5.41) is 15.1. The van der Waals surface area contributed by atoms with E-state index in [2.05, 4.69) is 25.7 Å². The average molecular weight is 448 g/mol. The fraction of sp³-hybridized carbons (Fsp3) is 0.375. The summed E-state index contributed by atoms with van der Waals surface area (Å²) < 4.78 is 1.70. The van der Waals surface area contributed by atoms with Gasteiger partial charge in [0, 0.05) is 32.6 Å². The lowest BCUT2D eigenvalue weighted by Gasteiger charge is -2.36. The third-order valence-electron chi connectivity index (χ3n) is 5.61. The van der Waals surface area contributed by atoms with E-state index in [4.69, 9.17) is 0 Å². The molecule has 3 aromatic rings. The van der Waals surface area contributed by atoms with Crippen molar-refractivity contribution >= 4 is 17.8 Å². The van der Waals surface area contributed by atoms with Gasteiger partial charge in [0.05, 0.1) is 5.69 Å². The first-order valence-corrected chi connectivity index (χ1v) is 11.2. The average Bonchev–Trinajstić information content (AvgIpc) is 3.33. The molecule has 0 spiro atoms. The molecule has 1 atom stereocenters. The van der Waals surface area contributed by atoms with Crippen molar-refractivity contribution in [3.8, 4) is 5.69 Å². The van der Waals surface area contributed by atoms with Crippen molar-refractivity contribution in [2.45, 2.75) is 26.3 Å². The largest absolute Gasteiger partial charge is 0.341 e. The summed E-state index contributed by atoms with van der Waals surface area (Å²) in [4.78, 5) is 29.8. The van der Waals surface area contributed by atoms with Gasteiger partial charge in [-0.3, -0.25) is 9.59 Å². The molecule has 172 valence electrons. The number of benzene rings is 2. The molecule has 2 amide bonds. The Kier molecular flexibility index (Phi) is 6.97. The molecule has 0 bridgehead atoms. The van der Waals surface area contributed by atoms with Gasteiger partial charge in [-0.1, -0.05) is 67.5 Å². The molecule has 2 aromatic carbocycles. The van der Waals surface area contributed by atoms with Gasteiger partial charge in [-0.2, -0.15) is 4.68 Å². The first kappa shape index (κ1) is 22.4. The van der Waals surface area contributed by atoms with Gasteiger partial charge in [0.15, 0.2) is 0 Å². The number of nitrogens with one attached hydrogen (secondary N) is 1. The maximum absolute atomic E-state index is 13.4. The molecule has 1 unspecified atom stereocenters. The van der Waals surface area contributed by atoms with Gasteiger partial charge in [0.2, 0.25) is 17.8 Å². The second-order valence-electron chi connectivity index (χ2n) is 8.55. The van der Waals surface area contributed by atoms with Crippen LogP contribution < -0.4 is 10.2 Å². The molecule has 1 N–H and O–H groups in total. The van der Waals surface area contributed by atoms with Crippen LogP contribution in [0, 0.1) is 5.92 Å². The number of amides is 2. The summed E-state index contributed by atoms with van der Waals surface area (Å²) >= 11 is 0. The van der Waals surface area contributed by atoms with Crippen molar-refractivity contribution in [2.24, 2.45) is 5.92 Å². The van der Waals surface area contributed by atoms with Gasteiger partial charge < -0.3 is 15.1 Å². The quantitative estimate of drug-likeness (QED) is 0.597.